The number of para-hydroxylation sites is 1. The van der Waals surface area contributed by atoms with E-state index >= 15 is 0 Å². The summed E-state index contributed by atoms with van der Waals surface area (Å²) in [4.78, 5) is 18.7. The molecule has 1 N–H and O–H groups in total. The van der Waals surface area contributed by atoms with E-state index in [9.17, 15) is 4.79 Å². The number of likely N-dealkylation sites (tertiary alicyclic amines) is 1. The van der Waals surface area contributed by atoms with Gasteiger partial charge in [0, 0.05) is 48.7 Å². The first-order valence-electron chi connectivity index (χ1n) is 8.78. The van der Waals surface area contributed by atoms with Crippen molar-refractivity contribution in [2.24, 2.45) is 0 Å². The summed E-state index contributed by atoms with van der Waals surface area (Å²) in [6, 6.07) is 18.0. The van der Waals surface area contributed by atoms with Crippen molar-refractivity contribution in [1.82, 2.24) is 15.2 Å². The van der Waals surface area contributed by atoms with Crippen LogP contribution in [0.4, 0.5) is 0 Å². The fourth-order valence-electron chi connectivity index (χ4n) is 3.46. The molecule has 2 heterocycles. The van der Waals surface area contributed by atoms with Gasteiger partial charge in [-0.1, -0.05) is 54.1 Å². The topological polar surface area (TPSA) is 45.2 Å². The molecule has 1 aromatic heterocycles. The number of halogens is 1. The lowest BCUT2D eigenvalue weighted by molar-refractivity contribution is -0.128. The average molecular weight is 366 g/mol. The Morgan fingerprint density at radius 2 is 1.88 bits per heavy atom. The summed E-state index contributed by atoms with van der Waals surface area (Å²) in [6.07, 6.45) is 2.33. The Labute approximate surface area is 157 Å². The molecule has 2 aromatic carbocycles. The molecule has 1 unspecified atom stereocenters. The van der Waals surface area contributed by atoms with Gasteiger partial charge in [-0.3, -0.25) is 9.78 Å². The van der Waals surface area contributed by atoms with Crippen LogP contribution >= 0.6 is 11.6 Å². The van der Waals surface area contributed by atoms with Gasteiger partial charge in [0.2, 0.25) is 5.91 Å². The molecule has 0 aliphatic carbocycles. The lowest BCUT2D eigenvalue weighted by Crippen LogP contribution is -2.32. The summed E-state index contributed by atoms with van der Waals surface area (Å²) in [5.74, 6) is 0.165. The van der Waals surface area contributed by atoms with Gasteiger partial charge in [-0.25, -0.2) is 0 Å². The molecule has 132 valence electrons. The third-order valence-electron chi connectivity index (χ3n) is 4.83. The molecule has 0 bridgehead atoms. The number of carbonyl (C=O) groups is 1. The molecule has 1 atom stereocenters. The fraction of sp³-hybridized carbons (Fsp3) is 0.238. The Kier molecular flexibility index (Phi) is 4.87. The highest BCUT2D eigenvalue weighted by atomic mass is 35.5. The molecule has 1 aliphatic rings. The van der Waals surface area contributed by atoms with Crippen LogP contribution in [-0.2, 0) is 17.9 Å². The smallest absolute Gasteiger partial charge is 0.224 e. The van der Waals surface area contributed by atoms with Gasteiger partial charge in [0.25, 0.3) is 0 Å². The molecule has 1 fully saturated rings. The number of aromatic nitrogens is 1. The number of nitrogens with zero attached hydrogens (tertiary/aromatic N) is 2. The first kappa shape index (κ1) is 17.0. The summed E-state index contributed by atoms with van der Waals surface area (Å²) in [7, 11) is 0. The maximum atomic E-state index is 12.4. The molecule has 1 saturated heterocycles. The minimum Gasteiger partial charge on any atom is -0.337 e. The predicted octanol–water partition coefficient (Wildman–Crippen LogP) is 3.78. The molecule has 4 rings (SSSR count). The molecule has 3 aromatic rings. The normalized spacial score (nSPS) is 17.2. The van der Waals surface area contributed by atoms with Gasteiger partial charge in [-0.05, 0) is 23.3 Å². The number of amides is 1. The van der Waals surface area contributed by atoms with E-state index in [0.717, 1.165) is 22.0 Å². The Morgan fingerprint density at radius 3 is 2.77 bits per heavy atom. The van der Waals surface area contributed by atoms with Gasteiger partial charge in [0.1, 0.15) is 0 Å². The second-order valence-corrected chi connectivity index (χ2v) is 7.05. The lowest BCUT2D eigenvalue weighted by atomic mass is 10.1. The highest BCUT2D eigenvalue weighted by Gasteiger charge is 2.29. The van der Waals surface area contributed by atoms with Crippen molar-refractivity contribution in [3.63, 3.8) is 0 Å². The molecule has 1 aliphatic heterocycles. The third-order valence-corrected chi connectivity index (χ3v) is 5.20. The molecular weight excluding hydrogens is 346 g/mol. The van der Waals surface area contributed by atoms with E-state index in [0.29, 0.717) is 31.1 Å². The van der Waals surface area contributed by atoms with Crippen molar-refractivity contribution in [2.45, 2.75) is 25.6 Å². The first-order valence-corrected chi connectivity index (χ1v) is 9.16. The highest BCUT2D eigenvalue weighted by Crippen LogP contribution is 2.21. The van der Waals surface area contributed by atoms with Crippen molar-refractivity contribution in [1.29, 1.82) is 0 Å². The van der Waals surface area contributed by atoms with Crippen molar-refractivity contribution >= 4 is 28.4 Å². The largest absolute Gasteiger partial charge is 0.337 e. The van der Waals surface area contributed by atoms with Crippen LogP contribution in [0.15, 0.2) is 60.8 Å². The molecule has 0 spiro atoms. The summed E-state index contributed by atoms with van der Waals surface area (Å²) in [5.41, 5.74) is 3.15. The minimum atomic E-state index is 0.143. The SMILES string of the molecule is O=C1CC(NCc2cccc3cccnc23)CN1Cc1ccccc1Cl. The summed E-state index contributed by atoms with van der Waals surface area (Å²) < 4.78 is 0. The van der Waals surface area contributed by atoms with Crippen LogP contribution < -0.4 is 5.32 Å². The van der Waals surface area contributed by atoms with Crippen molar-refractivity contribution < 1.29 is 4.79 Å². The number of carbonyl (C=O) groups excluding carboxylic acids is 1. The van der Waals surface area contributed by atoms with Gasteiger partial charge in [0.15, 0.2) is 0 Å². The van der Waals surface area contributed by atoms with E-state index < -0.39 is 0 Å². The number of rotatable bonds is 5. The van der Waals surface area contributed by atoms with Gasteiger partial charge < -0.3 is 10.2 Å². The molecule has 0 saturated carbocycles. The van der Waals surface area contributed by atoms with Crippen molar-refractivity contribution in [3.8, 4) is 0 Å². The maximum absolute atomic E-state index is 12.4. The number of benzene rings is 2. The van der Waals surface area contributed by atoms with Crippen molar-refractivity contribution in [2.75, 3.05) is 6.54 Å². The molecular formula is C21H20ClN3O. The van der Waals surface area contributed by atoms with Crippen LogP contribution in [0.3, 0.4) is 0 Å². The maximum Gasteiger partial charge on any atom is 0.224 e. The predicted molar refractivity (Wildman–Crippen MR) is 104 cm³/mol. The van der Waals surface area contributed by atoms with Crippen LogP contribution in [0.1, 0.15) is 17.5 Å². The van der Waals surface area contributed by atoms with Crippen LogP contribution in [0, 0.1) is 0 Å². The number of hydrogen-bond donors (Lipinski definition) is 1. The number of fused-ring (bicyclic) bond motifs is 1. The quantitative estimate of drug-likeness (QED) is 0.748. The zero-order valence-corrected chi connectivity index (χ0v) is 15.1. The summed E-state index contributed by atoms with van der Waals surface area (Å²) in [6.45, 7) is 1.96. The van der Waals surface area contributed by atoms with E-state index in [4.69, 9.17) is 11.6 Å². The van der Waals surface area contributed by atoms with Gasteiger partial charge >= 0.3 is 0 Å². The number of hydrogen-bond acceptors (Lipinski definition) is 3. The second-order valence-electron chi connectivity index (χ2n) is 6.64. The number of nitrogens with one attached hydrogen (secondary N) is 1. The van der Waals surface area contributed by atoms with Crippen LogP contribution in [-0.4, -0.2) is 28.4 Å². The molecule has 26 heavy (non-hydrogen) atoms. The highest BCUT2D eigenvalue weighted by molar-refractivity contribution is 6.31. The summed E-state index contributed by atoms with van der Waals surface area (Å²) >= 11 is 6.22. The van der Waals surface area contributed by atoms with Gasteiger partial charge in [-0.15, -0.1) is 0 Å². The average Bonchev–Trinajstić information content (AvgIpc) is 3.01. The Balaban J connectivity index is 1.41. The Morgan fingerprint density at radius 1 is 1.08 bits per heavy atom. The fourth-order valence-corrected chi connectivity index (χ4v) is 3.65. The van der Waals surface area contributed by atoms with Gasteiger partial charge in [0.05, 0.1) is 5.52 Å². The van der Waals surface area contributed by atoms with E-state index in [-0.39, 0.29) is 11.9 Å². The van der Waals surface area contributed by atoms with E-state index in [1.807, 2.05) is 47.5 Å². The second kappa shape index (κ2) is 7.44. The molecule has 1 amide bonds. The summed E-state index contributed by atoms with van der Waals surface area (Å²) in [5, 5.41) is 5.36. The standard InChI is InChI=1S/C21H20ClN3O/c22-19-9-2-1-5-17(19)13-25-14-18(11-20(25)26)24-12-16-7-3-6-15-8-4-10-23-21(15)16/h1-10,18,24H,11-14H2. The minimum absolute atomic E-state index is 0.143. The van der Waals surface area contributed by atoms with Crippen LogP contribution in [0.2, 0.25) is 5.02 Å². The van der Waals surface area contributed by atoms with Gasteiger partial charge in [-0.2, -0.15) is 0 Å². The number of pyridine rings is 1. The first-order chi connectivity index (χ1) is 12.7. The van der Waals surface area contributed by atoms with E-state index in [2.05, 4.69) is 28.5 Å². The molecule has 0 radical (unpaired) electrons. The van der Waals surface area contributed by atoms with E-state index in [1.54, 1.807) is 0 Å². The zero-order chi connectivity index (χ0) is 17.9. The van der Waals surface area contributed by atoms with Crippen LogP contribution in [0.25, 0.3) is 10.9 Å². The van der Waals surface area contributed by atoms with Crippen molar-refractivity contribution in [3.05, 3.63) is 76.9 Å². The molecule has 5 heteroatoms. The van der Waals surface area contributed by atoms with E-state index in [1.165, 1.54) is 0 Å². The third kappa shape index (κ3) is 3.57. The molecule has 4 nitrogen and oxygen atoms in total. The lowest BCUT2D eigenvalue weighted by Gasteiger charge is -2.18. The van der Waals surface area contributed by atoms with Crippen LogP contribution in [0.5, 0.6) is 0 Å². The monoisotopic (exact) mass is 365 g/mol. The Bertz CT molecular complexity index is 938. The Hall–Kier alpha value is -2.43. The zero-order valence-electron chi connectivity index (χ0n) is 14.4.